The Morgan fingerprint density at radius 1 is 1.50 bits per heavy atom. The van der Waals surface area contributed by atoms with Crippen LogP contribution in [0.3, 0.4) is 0 Å². The lowest BCUT2D eigenvalue weighted by atomic mass is 10.0. The summed E-state index contributed by atoms with van der Waals surface area (Å²) in [7, 11) is 1.41. The van der Waals surface area contributed by atoms with Crippen LogP contribution in [0.4, 0.5) is 4.39 Å². The van der Waals surface area contributed by atoms with Gasteiger partial charge >= 0.3 is 0 Å². The monoisotopic (exact) mass is 222 g/mol. The third-order valence-corrected chi connectivity index (χ3v) is 2.32. The van der Waals surface area contributed by atoms with Gasteiger partial charge in [0.15, 0.2) is 11.6 Å². The first-order valence-corrected chi connectivity index (χ1v) is 4.69. The molecule has 0 aliphatic rings. The fraction of sp³-hybridized carbons (Fsp3) is 0.200. The van der Waals surface area contributed by atoms with Crippen LogP contribution in [0.2, 0.25) is 0 Å². The van der Waals surface area contributed by atoms with Crippen LogP contribution in [0.1, 0.15) is 5.56 Å². The van der Waals surface area contributed by atoms with Gasteiger partial charge in [0.05, 0.1) is 13.3 Å². The van der Waals surface area contributed by atoms with Crippen molar-refractivity contribution >= 4 is 0 Å². The molecular weight excluding hydrogens is 211 g/mol. The molecule has 16 heavy (non-hydrogen) atoms. The second-order valence-electron chi connectivity index (χ2n) is 3.17. The maximum atomic E-state index is 13.9. The van der Waals surface area contributed by atoms with Crippen molar-refractivity contribution in [3.8, 4) is 17.0 Å². The summed E-state index contributed by atoms with van der Waals surface area (Å²) < 4.78 is 18.7. The van der Waals surface area contributed by atoms with Crippen molar-refractivity contribution in [1.82, 2.24) is 15.4 Å². The fourth-order valence-corrected chi connectivity index (χ4v) is 1.53. The maximum absolute atomic E-state index is 13.9. The summed E-state index contributed by atoms with van der Waals surface area (Å²) in [6.07, 6.45) is 1.51. The average Bonchev–Trinajstić information content (AvgIpc) is 2.82. The molecule has 84 valence electrons. The summed E-state index contributed by atoms with van der Waals surface area (Å²) in [6, 6.07) is 3.25. The van der Waals surface area contributed by atoms with Gasteiger partial charge in [-0.15, -0.1) is 0 Å². The Labute approximate surface area is 91.4 Å². The highest BCUT2D eigenvalue weighted by Gasteiger charge is 2.15. The SMILES string of the molecule is COc1ccc(-c2cn[nH]n2)c(CN)c1F. The number of hydrogen-bond donors (Lipinski definition) is 2. The van der Waals surface area contributed by atoms with Crippen LogP contribution in [-0.4, -0.2) is 22.5 Å². The molecule has 0 atom stereocenters. The van der Waals surface area contributed by atoms with Gasteiger partial charge in [-0.25, -0.2) is 4.39 Å². The van der Waals surface area contributed by atoms with Crippen molar-refractivity contribution in [2.75, 3.05) is 7.11 Å². The van der Waals surface area contributed by atoms with Crippen molar-refractivity contribution in [2.24, 2.45) is 5.73 Å². The Kier molecular flexibility index (Phi) is 2.82. The number of halogens is 1. The molecule has 2 rings (SSSR count). The molecule has 0 bridgehead atoms. The van der Waals surface area contributed by atoms with Gasteiger partial charge < -0.3 is 10.5 Å². The minimum absolute atomic E-state index is 0.0746. The Balaban J connectivity index is 2.59. The molecule has 0 unspecified atom stereocenters. The summed E-state index contributed by atoms with van der Waals surface area (Å²) in [5.74, 6) is -0.279. The molecule has 3 N–H and O–H groups in total. The number of rotatable bonds is 3. The zero-order chi connectivity index (χ0) is 11.5. The van der Waals surface area contributed by atoms with E-state index in [9.17, 15) is 4.39 Å². The van der Waals surface area contributed by atoms with E-state index in [2.05, 4.69) is 15.4 Å². The fourth-order valence-electron chi connectivity index (χ4n) is 1.53. The number of aromatic nitrogens is 3. The first kappa shape index (κ1) is 10.6. The van der Waals surface area contributed by atoms with Gasteiger partial charge in [-0.05, 0) is 12.1 Å². The molecule has 5 nitrogen and oxygen atoms in total. The van der Waals surface area contributed by atoms with Crippen molar-refractivity contribution in [3.05, 3.63) is 29.7 Å². The van der Waals surface area contributed by atoms with Gasteiger partial charge in [0.25, 0.3) is 0 Å². The molecule has 0 saturated carbocycles. The smallest absolute Gasteiger partial charge is 0.170 e. The third-order valence-electron chi connectivity index (χ3n) is 2.32. The predicted molar refractivity (Wildman–Crippen MR) is 56.2 cm³/mol. The predicted octanol–water partition coefficient (Wildman–Crippen LogP) is 1.08. The van der Waals surface area contributed by atoms with Crippen LogP contribution in [0.15, 0.2) is 18.3 Å². The van der Waals surface area contributed by atoms with Crippen LogP contribution in [0, 0.1) is 5.82 Å². The molecule has 0 aliphatic heterocycles. The second kappa shape index (κ2) is 4.28. The van der Waals surface area contributed by atoms with Gasteiger partial charge in [-0.1, -0.05) is 0 Å². The molecule has 0 radical (unpaired) electrons. The van der Waals surface area contributed by atoms with E-state index in [4.69, 9.17) is 10.5 Å². The van der Waals surface area contributed by atoms with Crippen molar-refractivity contribution in [3.63, 3.8) is 0 Å². The molecule has 1 aromatic carbocycles. The summed E-state index contributed by atoms with van der Waals surface area (Å²) in [5, 5.41) is 10.0. The van der Waals surface area contributed by atoms with Crippen LogP contribution >= 0.6 is 0 Å². The zero-order valence-corrected chi connectivity index (χ0v) is 8.70. The van der Waals surface area contributed by atoms with E-state index < -0.39 is 5.82 Å². The van der Waals surface area contributed by atoms with E-state index in [0.29, 0.717) is 16.8 Å². The zero-order valence-electron chi connectivity index (χ0n) is 8.70. The molecule has 1 heterocycles. The summed E-state index contributed by atoms with van der Waals surface area (Å²) >= 11 is 0. The minimum Gasteiger partial charge on any atom is -0.494 e. The number of aromatic amines is 1. The van der Waals surface area contributed by atoms with Gasteiger partial charge in [-0.2, -0.15) is 15.4 Å². The Morgan fingerprint density at radius 2 is 2.31 bits per heavy atom. The number of ether oxygens (including phenoxy) is 1. The lowest BCUT2D eigenvalue weighted by molar-refractivity contribution is 0.384. The van der Waals surface area contributed by atoms with Crippen molar-refractivity contribution < 1.29 is 9.13 Å². The number of benzene rings is 1. The largest absolute Gasteiger partial charge is 0.494 e. The van der Waals surface area contributed by atoms with Gasteiger partial charge in [0.1, 0.15) is 5.69 Å². The van der Waals surface area contributed by atoms with Gasteiger partial charge in [-0.3, -0.25) is 0 Å². The number of nitrogens with zero attached hydrogens (tertiary/aromatic N) is 2. The minimum atomic E-state index is -0.453. The molecule has 0 saturated heterocycles. The molecule has 0 aliphatic carbocycles. The van der Waals surface area contributed by atoms with E-state index in [1.807, 2.05) is 0 Å². The van der Waals surface area contributed by atoms with Gasteiger partial charge in [0, 0.05) is 17.7 Å². The summed E-state index contributed by atoms with van der Waals surface area (Å²) in [5.41, 5.74) is 7.07. The molecule has 0 fully saturated rings. The lowest BCUT2D eigenvalue weighted by Crippen LogP contribution is -2.04. The van der Waals surface area contributed by atoms with Crippen LogP contribution in [0.5, 0.6) is 5.75 Å². The summed E-state index contributed by atoms with van der Waals surface area (Å²) in [6.45, 7) is 0.0746. The Morgan fingerprint density at radius 3 is 2.88 bits per heavy atom. The van der Waals surface area contributed by atoms with Crippen molar-refractivity contribution in [1.29, 1.82) is 0 Å². The third kappa shape index (κ3) is 1.63. The van der Waals surface area contributed by atoms with Crippen molar-refractivity contribution in [2.45, 2.75) is 6.54 Å². The Hall–Kier alpha value is -1.95. The Bertz CT molecular complexity index is 484. The topological polar surface area (TPSA) is 76.8 Å². The van der Waals surface area contributed by atoms with E-state index in [1.54, 1.807) is 12.1 Å². The van der Waals surface area contributed by atoms with Crippen LogP contribution < -0.4 is 10.5 Å². The molecule has 0 amide bonds. The molecular formula is C10H11FN4O. The molecule has 1 aromatic heterocycles. The quantitative estimate of drug-likeness (QED) is 0.814. The normalized spacial score (nSPS) is 10.4. The number of nitrogens with two attached hydrogens (primary N) is 1. The second-order valence-corrected chi connectivity index (χ2v) is 3.17. The first-order chi connectivity index (χ1) is 7.77. The summed E-state index contributed by atoms with van der Waals surface area (Å²) in [4.78, 5) is 0. The van der Waals surface area contributed by atoms with E-state index >= 15 is 0 Å². The number of hydrogen-bond acceptors (Lipinski definition) is 4. The number of nitrogens with one attached hydrogen (secondary N) is 1. The first-order valence-electron chi connectivity index (χ1n) is 4.69. The highest BCUT2D eigenvalue weighted by molar-refractivity contribution is 5.64. The highest BCUT2D eigenvalue weighted by Crippen LogP contribution is 2.29. The molecule has 0 spiro atoms. The van der Waals surface area contributed by atoms with E-state index in [1.165, 1.54) is 13.3 Å². The van der Waals surface area contributed by atoms with E-state index in [-0.39, 0.29) is 12.3 Å². The standard InChI is InChI=1S/C10H11FN4O/c1-16-9-3-2-6(7(4-12)10(9)11)8-5-13-15-14-8/h2-3,5H,4,12H2,1H3,(H,13,14,15). The number of methoxy groups -OCH3 is 1. The van der Waals surface area contributed by atoms with Gasteiger partial charge in [0.2, 0.25) is 0 Å². The van der Waals surface area contributed by atoms with E-state index in [0.717, 1.165) is 0 Å². The lowest BCUT2D eigenvalue weighted by Gasteiger charge is -2.09. The maximum Gasteiger partial charge on any atom is 0.170 e. The highest BCUT2D eigenvalue weighted by atomic mass is 19.1. The molecule has 2 aromatic rings. The van der Waals surface area contributed by atoms with Crippen LogP contribution in [0.25, 0.3) is 11.3 Å². The average molecular weight is 222 g/mol. The van der Waals surface area contributed by atoms with Crippen LogP contribution in [-0.2, 0) is 6.54 Å². The number of H-pyrrole nitrogens is 1. The molecule has 6 heteroatoms.